The molecule has 0 radical (unpaired) electrons. The van der Waals surface area contributed by atoms with Gasteiger partial charge in [0.05, 0.1) is 26.4 Å². The molecule has 0 amide bonds. The molecule has 5 atom stereocenters. The third-order valence-corrected chi connectivity index (χ3v) is 19.8. The fraction of sp³-hybridized carbons (Fsp3) is 0.788. The molecule has 0 aliphatic carbocycles. The predicted octanol–water partition coefficient (Wildman–Crippen LogP) is 24.6. The highest BCUT2D eigenvalue weighted by Gasteiger charge is 2.30. The van der Waals surface area contributed by atoms with Gasteiger partial charge in [0.1, 0.15) is 19.3 Å². The van der Waals surface area contributed by atoms with Gasteiger partial charge in [0.15, 0.2) is 12.2 Å². The Labute approximate surface area is 634 Å². The summed E-state index contributed by atoms with van der Waals surface area (Å²) in [5.41, 5.74) is 0. The summed E-state index contributed by atoms with van der Waals surface area (Å²) in [7, 11) is -9.97. The first-order valence-electron chi connectivity index (χ1n) is 41.8. The summed E-state index contributed by atoms with van der Waals surface area (Å²) < 4.78 is 68.7. The molecule has 0 spiro atoms. The highest BCUT2D eigenvalue weighted by Crippen LogP contribution is 2.45. The van der Waals surface area contributed by atoms with Gasteiger partial charge in [-0.2, -0.15) is 0 Å². The Kier molecular flexibility index (Phi) is 74.6. The minimum absolute atomic E-state index is 0.0393. The average Bonchev–Trinajstić information content (AvgIpc) is 0.918. The van der Waals surface area contributed by atoms with Crippen LogP contribution in [0.4, 0.5) is 0 Å². The Morgan fingerprint density at radius 1 is 0.279 bits per heavy atom. The zero-order valence-corrected chi connectivity index (χ0v) is 68.0. The average molecular weight is 1510 g/mol. The second kappa shape index (κ2) is 77.4. The largest absolute Gasteiger partial charge is 0.472 e. The molecule has 0 aliphatic heterocycles. The maximum atomic E-state index is 13.1. The van der Waals surface area contributed by atoms with Crippen LogP contribution in [0, 0.1) is 0 Å². The van der Waals surface area contributed by atoms with Gasteiger partial charge in [-0.05, 0) is 89.9 Å². The van der Waals surface area contributed by atoms with Crippen molar-refractivity contribution in [2.45, 2.75) is 393 Å². The van der Waals surface area contributed by atoms with E-state index in [2.05, 4.69) is 101 Å². The summed E-state index contributed by atoms with van der Waals surface area (Å²) in [5.74, 6) is -2.25. The first-order chi connectivity index (χ1) is 50.7. The van der Waals surface area contributed by atoms with Crippen molar-refractivity contribution < 1.29 is 80.2 Å². The lowest BCUT2D eigenvalue weighted by molar-refractivity contribution is -0.161. The van der Waals surface area contributed by atoms with Gasteiger partial charge in [-0.3, -0.25) is 37.3 Å². The maximum Gasteiger partial charge on any atom is 0.472 e. The van der Waals surface area contributed by atoms with Gasteiger partial charge in [-0.25, -0.2) is 9.13 Å². The maximum absolute atomic E-state index is 13.1. The van der Waals surface area contributed by atoms with Gasteiger partial charge in [-0.1, -0.05) is 344 Å². The van der Waals surface area contributed by atoms with E-state index in [1.165, 1.54) is 167 Å². The Bertz CT molecular complexity index is 2300. The highest BCUT2D eigenvalue weighted by atomic mass is 31.2. The molecule has 104 heavy (non-hydrogen) atoms. The van der Waals surface area contributed by atoms with E-state index in [0.29, 0.717) is 32.1 Å². The van der Waals surface area contributed by atoms with Crippen LogP contribution in [0.25, 0.3) is 0 Å². The Balaban J connectivity index is 5.39. The van der Waals surface area contributed by atoms with E-state index in [-0.39, 0.29) is 25.7 Å². The number of ether oxygens (including phenoxy) is 4. The molecule has 0 bridgehead atoms. The number of phosphoric acid groups is 2. The number of unbranched alkanes of at least 4 members (excludes halogenated alkanes) is 39. The molecule has 604 valence electrons. The Morgan fingerprint density at radius 3 is 0.827 bits per heavy atom. The van der Waals surface area contributed by atoms with Crippen molar-refractivity contribution in [3.63, 3.8) is 0 Å². The van der Waals surface area contributed by atoms with Crippen molar-refractivity contribution in [3.05, 3.63) is 85.1 Å². The summed E-state index contributed by atoms with van der Waals surface area (Å²) in [6.07, 6.45) is 81.3. The summed E-state index contributed by atoms with van der Waals surface area (Å²) in [4.78, 5) is 73.1. The van der Waals surface area contributed by atoms with E-state index < -0.39 is 97.5 Å². The number of phosphoric ester groups is 2. The molecule has 0 aromatic carbocycles. The fourth-order valence-electron chi connectivity index (χ4n) is 11.5. The molecule has 0 aliphatic rings. The molecule has 0 fully saturated rings. The standard InChI is InChI=1S/C85H152O17P2/c1-5-9-13-17-21-25-29-33-37-38-39-40-44-46-50-54-58-62-66-70-83(88)96-76-81(102-85(90)72-68-64-60-56-52-48-43-36-32-28-24-20-16-12-8-4)78-100-104(93,94)98-74-79(86)73-97-103(91,92)99-77-80(101-84(89)71-67-63-59-55-51-47-42-35-31-27-23-19-15-11-7-3)75-95-82(87)69-65-61-57-53-49-45-41-34-30-26-22-18-14-10-6-2/h9,13,21,25,33-34,37,39-41,46,50,58,62,79-81,86H,5-8,10-12,14-20,22-24,26-32,35-36,38,42-45,47-49,51-57,59-61,63-78H2,1-4H3,(H,91,92)(H,93,94)/b13-9-,25-21-,37-33-,40-39-,41-34-,50-46-,62-58-/t79-,80+,81+/m0/s1. The topological polar surface area (TPSA) is 237 Å². The molecule has 2 unspecified atom stereocenters. The summed E-state index contributed by atoms with van der Waals surface area (Å²) in [6, 6.07) is 0. The number of rotatable bonds is 79. The van der Waals surface area contributed by atoms with Crippen LogP contribution >= 0.6 is 15.6 Å². The molecule has 0 aromatic rings. The van der Waals surface area contributed by atoms with E-state index >= 15 is 0 Å². The molecular weight excluding hydrogens is 1350 g/mol. The van der Waals surface area contributed by atoms with Gasteiger partial charge in [-0.15, -0.1) is 0 Å². The smallest absolute Gasteiger partial charge is 0.462 e. The van der Waals surface area contributed by atoms with Crippen molar-refractivity contribution in [2.24, 2.45) is 0 Å². The number of hydrogen-bond donors (Lipinski definition) is 3. The van der Waals surface area contributed by atoms with Crippen LogP contribution in [0.1, 0.15) is 374 Å². The van der Waals surface area contributed by atoms with Crippen molar-refractivity contribution in [3.8, 4) is 0 Å². The molecular formula is C85H152O17P2. The monoisotopic (exact) mass is 1510 g/mol. The first kappa shape index (κ1) is 100. The van der Waals surface area contributed by atoms with Gasteiger partial charge in [0, 0.05) is 25.7 Å². The van der Waals surface area contributed by atoms with Crippen LogP contribution in [-0.2, 0) is 65.4 Å². The molecule has 0 aromatic heterocycles. The van der Waals surface area contributed by atoms with Crippen LogP contribution in [0.15, 0.2) is 85.1 Å². The van der Waals surface area contributed by atoms with Crippen LogP contribution in [0.5, 0.6) is 0 Å². The van der Waals surface area contributed by atoms with Crippen LogP contribution in [0.3, 0.4) is 0 Å². The quantitative estimate of drug-likeness (QED) is 0.0169. The summed E-state index contributed by atoms with van der Waals surface area (Å²) in [6.45, 7) is 4.75. The van der Waals surface area contributed by atoms with Crippen LogP contribution in [0.2, 0.25) is 0 Å². The molecule has 3 N–H and O–H groups in total. The van der Waals surface area contributed by atoms with E-state index in [1.807, 2.05) is 12.2 Å². The lowest BCUT2D eigenvalue weighted by Gasteiger charge is -2.21. The third kappa shape index (κ3) is 76.4. The number of carbonyl (C=O) groups is 4. The van der Waals surface area contributed by atoms with Crippen molar-refractivity contribution in [2.75, 3.05) is 39.6 Å². The number of hydrogen-bond acceptors (Lipinski definition) is 15. The second-order valence-corrected chi connectivity index (χ2v) is 31.0. The van der Waals surface area contributed by atoms with Crippen LogP contribution in [-0.4, -0.2) is 96.7 Å². The molecule has 17 nitrogen and oxygen atoms in total. The third-order valence-electron chi connectivity index (χ3n) is 17.9. The lowest BCUT2D eigenvalue weighted by atomic mass is 10.0. The number of esters is 4. The lowest BCUT2D eigenvalue weighted by Crippen LogP contribution is -2.30. The SMILES string of the molecule is CC/C=C\C/C=C\C/C=C\C/C=C\C/C=C\C/C=C\CCC(=O)OC[C@H](COP(=O)(O)OC[C@@H](O)COP(=O)(O)OC[C@@H](COC(=O)CCCCCCC/C=C\CCCCCCCC)OC(=O)CCCCCCCCCCCCCCCCC)OC(=O)CCCCCCCCCCCCCCCCC. The molecule has 0 saturated heterocycles. The molecule has 19 heteroatoms. The Morgan fingerprint density at radius 2 is 0.519 bits per heavy atom. The molecule has 0 rings (SSSR count). The second-order valence-electron chi connectivity index (χ2n) is 28.1. The normalized spacial score (nSPS) is 14.3. The van der Waals surface area contributed by atoms with Gasteiger partial charge in [0.25, 0.3) is 0 Å². The Hall–Kier alpha value is -3.76. The zero-order valence-electron chi connectivity index (χ0n) is 66.2. The number of aliphatic hydroxyl groups excluding tert-OH is 1. The minimum atomic E-state index is -4.99. The molecule has 0 saturated carbocycles. The van der Waals surface area contributed by atoms with E-state index in [0.717, 1.165) is 122 Å². The van der Waals surface area contributed by atoms with E-state index in [4.69, 9.17) is 37.0 Å². The number of carbonyl (C=O) groups excluding carboxylic acids is 4. The summed E-state index contributed by atoms with van der Waals surface area (Å²) in [5, 5.41) is 10.7. The minimum Gasteiger partial charge on any atom is -0.462 e. The predicted molar refractivity (Wildman–Crippen MR) is 427 cm³/mol. The van der Waals surface area contributed by atoms with Crippen LogP contribution < -0.4 is 0 Å². The first-order valence-corrected chi connectivity index (χ1v) is 44.8. The number of aliphatic hydroxyl groups is 1. The van der Waals surface area contributed by atoms with Crippen molar-refractivity contribution >= 4 is 39.5 Å². The molecule has 0 heterocycles. The van der Waals surface area contributed by atoms with Gasteiger partial charge in [0.2, 0.25) is 0 Å². The highest BCUT2D eigenvalue weighted by molar-refractivity contribution is 7.47. The number of allylic oxidation sites excluding steroid dienone is 14. The van der Waals surface area contributed by atoms with Crippen molar-refractivity contribution in [1.82, 2.24) is 0 Å². The van der Waals surface area contributed by atoms with E-state index in [1.54, 1.807) is 0 Å². The van der Waals surface area contributed by atoms with Crippen molar-refractivity contribution in [1.29, 1.82) is 0 Å². The zero-order chi connectivity index (χ0) is 76.0. The van der Waals surface area contributed by atoms with E-state index in [9.17, 15) is 43.2 Å². The summed E-state index contributed by atoms with van der Waals surface area (Å²) >= 11 is 0. The van der Waals surface area contributed by atoms with Gasteiger partial charge < -0.3 is 33.8 Å². The fourth-order valence-corrected chi connectivity index (χ4v) is 13.1. The van der Waals surface area contributed by atoms with Gasteiger partial charge >= 0.3 is 39.5 Å².